The minimum Gasteiger partial charge on any atom is -0.493 e. The fourth-order valence-corrected chi connectivity index (χ4v) is 4.21. The highest BCUT2D eigenvalue weighted by molar-refractivity contribution is 7.22. The minimum atomic E-state index is -0.785. The molecule has 0 bridgehead atoms. The standard InChI is InChI=1S/C22H22N4O5S/c1-11(20(27)26-22-25-13-7-5-6-8-16(13)32-22)23-21(28)14-9-12-10-15(29-2)18(30-3)19(31-4)17(12)24-14/h5-11,24H,1-4H3,(H,23,28)(H,25,26,27)/t11-/m1/s1. The SMILES string of the molecule is COc1cc2cc(C(=O)N[C@H](C)C(=O)Nc3nc4ccccc4s3)[nH]c2c(OC)c1OC. The topological polar surface area (TPSA) is 115 Å². The Balaban J connectivity index is 1.51. The van der Waals surface area contributed by atoms with Crippen LogP contribution in [0.15, 0.2) is 36.4 Å². The van der Waals surface area contributed by atoms with Crippen LogP contribution in [0.2, 0.25) is 0 Å². The molecule has 2 aromatic carbocycles. The van der Waals surface area contributed by atoms with Crippen LogP contribution in [0.3, 0.4) is 0 Å². The van der Waals surface area contributed by atoms with Gasteiger partial charge in [0.1, 0.15) is 11.7 Å². The van der Waals surface area contributed by atoms with Crippen LogP contribution in [0.5, 0.6) is 17.2 Å². The molecular weight excluding hydrogens is 432 g/mol. The zero-order chi connectivity index (χ0) is 22.8. The Hall–Kier alpha value is -3.79. The van der Waals surface area contributed by atoms with Crippen molar-refractivity contribution in [3.63, 3.8) is 0 Å². The van der Waals surface area contributed by atoms with Crippen molar-refractivity contribution >= 4 is 49.4 Å². The average Bonchev–Trinajstić information content (AvgIpc) is 3.40. The van der Waals surface area contributed by atoms with Gasteiger partial charge in [0.15, 0.2) is 16.6 Å². The predicted molar refractivity (Wildman–Crippen MR) is 123 cm³/mol. The second kappa shape index (κ2) is 8.75. The van der Waals surface area contributed by atoms with Gasteiger partial charge >= 0.3 is 0 Å². The van der Waals surface area contributed by atoms with Crippen molar-refractivity contribution in [1.82, 2.24) is 15.3 Å². The lowest BCUT2D eigenvalue weighted by atomic mass is 10.2. The molecule has 0 radical (unpaired) electrons. The third kappa shape index (κ3) is 3.92. The number of rotatable bonds is 7. The van der Waals surface area contributed by atoms with E-state index in [1.165, 1.54) is 32.7 Å². The maximum atomic E-state index is 12.8. The monoisotopic (exact) mass is 454 g/mol. The zero-order valence-electron chi connectivity index (χ0n) is 17.9. The lowest BCUT2D eigenvalue weighted by Crippen LogP contribution is -2.41. The van der Waals surface area contributed by atoms with Gasteiger partial charge in [0.05, 0.1) is 37.1 Å². The third-order valence-corrected chi connectivity index (χ3v) is 5.88. The lowest BCUT2D eigenvalue weighted by Gasteiger charge is -2.13. The van der Waals surface area contributed by atoms with Crippen LogP contribution in [0, 0.1) is 0 Å². The third-order valence-electron chi connectivity index (χ3n) is 4.93. The number of anilines is 1. The van der Waals surface area contributed by atoms with Gasteiger partial charge in [0, 0.05) is 5.39 Å². The summed E-state index contributed by atoms with van der Waals surface area (Å²) in [7, 11) is 4.54. The predicted octanol–water partition coefficient (Wildman–Crippen LogP) is 3.56. The lowest BCUT2D eigenvalue weighted by molar-refractivity contribution is -0.117. The molecule has 1 atom stereocenters. The van der Waals surface area contributed by atoms with Crippen molar-refractivity contribution in [2.75, 3.05) is 26.6 Å². The summed E-state index contributed by atoms with van der Waals surface area (Å²) in [5.74, 6) is 0.511. The van der Waals surface area contributed by atoms with Crippen LogP contribution in [0.4, 0.5) is 5.13 Å². The number of hydrogen-bond donors (Lipinski definition) is 3. The first kappa shape index (κ1) is 21.4. The van der Waals surface area contributed by atoms with Gasteiger partial charge in [0.25, 0.3) is 5.91 Å². The summed E-state index contributed by atoms with van der Waals surface area (Å²) < 4.78 is 17.2. The van der Waals surface area contributed by atoms with Gasteiger partial charge in [-0.3, -0.25) is 9.59 Å². The smallest absolute Gasteiger partial charge is 0.268 e. The van der Waals surface area contributed by atoms with E-state index in [1.54, 1.807) is 19.1 Å². The maximum Gasteiger partial charge on any atom is 0.268 e. The highest BCUT2D eigenvalue weighted by Crippen LogP contribution is 2.43. The Labute approximate surface area is 187 Å². The first-order valence-electron chi connectivity index (χ1n) is 9.74. The number of ether oxygens (including phenoxy) is 3. The van der Waals surface area contributed by atoms with Crippen molar-refractivity contribution in [3.05, 3.63) is 42.1 Å². The summed E-state index contributed by atoms with van der Waals surface area (Å²) in [4.78, 5) is 32.8. The van der Waals surface area contributed by atoms with Gasteiger partial charge in [-0.05, 0) is 31.2 Å². The Morgan fingerprint density at radius 3 is 2.50 bits per heavy atom. The number of nitrogens with zero attached hydrogens (tertiary/aromatic N) is 1. The van der Waals surface area contributed by atoms with Crippen LogP contribution in [-0.2, 0) is 4.79 Å². The van der Waals surface area contributed by atoms with Gasteiger partial charge in [-0.15, -0.1) is 0 Å². The van der Waals surface area contributed by atoms with Gasteiger partial charge in [-0.25, -0.2) is 4.98 Å². The maximum absolute atomic E-state index is 12.8. The molecule has 4 rings (SSSR count). The number of H-pyrrole nitrogens is 1. The van der Waals surface area contributed by atoms with Crippen molar-refractivity contribution in [2.45, 2.75) is 13.0 Å². The number of thiazole rings is 1. The number of amides is 2. The first-order valence-corrected chi connectivity index (χ1v) is 10.6. The van der Waals surface area contributed by atoms with E-state index in [9.17, 15) is 9.59 Å². The molecule has 0 saturated carbocycles. The van der Waals surface area contributed by atoms with Crippen molar-refractivity contribution in [3.8, 4) is 17.2 Å². The number of benzene rings is 2. The number of nitrogens with one attached hydrogen (secondary N) is 3. The van der Waals surface area contributed by atoms with Gasteiger partial charge in [-0.1, -0.05) is 23.5 Å². The summed E-state index contributed by atoms with van der Waals surface area (Å²) in [6.45, 7) is 1.61. The molecule has 9 nitrogen and oxygen atoms in total. The molecule has 166 valence electrons. The molecule has 2 amide bonds. The molecule has 0 unspecified atom stereocenters. The van der Waals surface area contributed by atoms with E-state index >= 15 is 0 Å². The number of para-hydroxylation sites is 1. The Kier molecular flexibility index (Phi) is 5.87. The molecule has 4 aromatic rings. The highest BCUT2D eigenvalue weighted by atomic mass is 32.1. The summed E-state index contributed by atoms with van der Waals surface area (Å²) >= 11 is 1.37. The van der Waals surface area contributed by atoms with E-state index in [2.05, 4.69) is 20.6 Å². The molecule has 0 aliphatic heterocycles. The molecule has 10 heteroatoms. The number of aromatic amines is 1. The van der Waals surface area contributed by atoms with E-state index in [4.69, 9.17) is 14.2 Å². The van der Waals surface area contributed by atoms with Gasteiger partial charge < -0.3 is 29.8 Å². The number of hydrogen-bond acceptors (Lipinski definition) is 7. The molecule has 0 aliphatic carbocycles. The summed E-state index contributed by atoms with van der Waals surface area (Å²) in [5.41, 5.74) is 1.66. The Morgan fingerprint density at radius 2 is 1.81 bits per heavy atom. The molecule has 2 aromatic heterocycles. The zero-order valence-corrected chi connectivity index (χ0v) is 18.8. The molecular formula is C22H22N4O5S. The Bertz CT molecular complexity index is 1280. The van der Waals surface area contributed by atoms with Crippen LogP contribution in [0.25, 0.3) is 21.1 Å². The quantitative estimate of drug-likeness (QED) is 0.393. The van der Waals surface area contributed by atoms with Crippen LogP contribution in [0.1, 0.15) is 17.4 Å². The van der Waals surface area contributed by atoms with E-state index in [0.717, 1.165) is 10.2 Å². The van der Waals surface area contributed by atoms with E-state index in [-0.39, 0.29) is 11.6 Å². The summed E-state index contributed by atoms with van der Waals surface area (Å²) in [6.07, 6.45) is 0. The van der Waals surface area contributed by atoms with Gasteiger partial charge in [-0.2, -0.15) is 0 Å². The molecule has 0 fully saturated rings. The van der Waals surface area contributed by atoms with Crippen molar-refractivity contribution < 1.29 is 23.8 Å². The van der Waals surface area contributed by atoms with Crippen molar-refractivity contribution in [2.24, 2.45) is 0 Å². The Morgan fingerprint density at radius 1 is 1.06 bits per heavy atom. The molecule has 3 N–H and O–H groups in total. The van der Waals surface area contributed by atoms with Crippen LogP contribution in [-0.4, -0.2) is 49.2 Å². The number of methoxy groups -OCH3 is 3. The molecule has 32 heavy (non-hydrogen) atoms. The fourth-order valence-electron chi connectivity index (χ4n) is 3.35. The van der Waals surface area contributed by atoms with Crippen LogP contribution >= 0.6 is 11.3 Å². The number of aromatic nitrogens is 2. The molecule has 0 spiro atoms. The van der Waals surface area contributed by atoms with Crippen molar-refractivity contribution in [1.29, 1.82) is 0 Å². The fraction of sp³-hybridized carbons (Fsp3) is 0.227. The second-order valence-electron chi connectivity index (χ2n) is 6.96. The second-order valence-corrected chi connectivity index (χ2v) is 7.99. The van der Waals surface area contributed by atoms with Crippen LogP contribution < -0.4 is 24.8 Å². The minimum absolute atomic E-state index is 0.272. The van der Waals surface area contributed by atoms with E-state index in [0.29, 0.717) is 33.3 Å². The van der Waals surface area contributed by atoms with E-state index < -0.39 is 11.9 Å². The molecule has 0 saturated heterocycles. The summed E-state index contributed by atoms with van der Waals surface area (Å²) in [6, 6.07) is 10.2. The molecule has 0 aliphatic rings. The highest BCUT2D eigenvalue weighted by Gasteiger charge is 2.22. The first-order chi connectivity index (χ1) is 15.4. The largest absolute Gasteiger partial charge is 0.493 e. The normalized spacial score (nSPS) is 11.9. The molecule has 2 heterocycles. The number of fused-ring (bicyclic) bond motifs is 2. The van der Waals surface area contributed by atoms with Gasteiger partial charge in [0.2, 0.25) is 11.7 Å². The number of carbonyl (C=O) groups excluding carboxylic acids is 2. The summed E-state index contributed by atoms with van der Waals surface area (Å²) in [5, 5.41) is 6.63. The average molecular weight is 455 g/mol. The van der Waals surface area contributed by atoms with E-state index in [1.807, 2.05) is 24.3 Å². The number of carbonyl (C=O) groups is 2.